The van der Waals surface area contributed by atoms with E-state index in [9.17, 15) is 9.59 Å². The largest absolute Gasteiger partial charge is 0.448 e. The van der Waals surface area contributed by atoms with Crippen LogP contribution < -0.4 is 5.32 Å². The van der Waals surface area contributed by atoms with Gasteiger partial charge in [0.05, 0.1) is 5.88 Å². The van der Waals surface area contributed by atoms with Crippen LogP contribution in [0.4, 0.5) is 4.79 Å². The Balaban J connectivity index is 1.80. The molecule has 7 heteroatoms. The molecule has 1 N–H and O–H groups in total. The molecule has 0 spiro atoms. The third-order valence-electron chi connectivity index (χ3n) is 3.48. The lowest BCUT2D eigenvalue weighted by Crippen LogP contribution is -2.46. The van der Waals surface area contributed by atoms with Crippen molar-refractivity contribution in [2.45, 2.75) is 18.9 Å². The molecule has 1 saturated heterocycles. The molecule has 1 fully saturated rings. The molecule has 1 aliphatic rings. The van der Waals surface area contributed by atoms with Gasteiger partial charge in [0.1, 0.15) is 6.61 Å². The third kappa shape index (κ3) is 4.88. The van der Waals surface area contributed by atoms with Crippen molar-refractivity contribution >= 4 is 39.5 Å². The van der Waals surface area contributed by atoms with Crippen LogP contribution in [0.15, 0.2) is 28.7 Å². The number of amides is 2. The molecule has 120 valence electrons. The number of benzene rings is 1. The summed E-state index contributed by atoms with van der Waals surface area (Å²) in [5, 5.41) is 3.01. The molecular formula is C15H18BrClN2O3. The van der Waals surface area contributed by atoms with E-state index in [1.807, 2.05) is 12.1 Å². The van der Waals surface area contributed by atoms with Crippen molar-refractivity contribution in [3.63, 3.8) is 0 Å². The van der Waals surface area contributed by atoms with Crippen LogP contribution in [0.25, 0.3) is 0 Å². The van der Waals surface area contributed by atoms with Crippen molar-refractivity contribution in [1.82, 2.24) is 10.2 Å². The number of hydrogen-bond donors (Lipinski definition) is 1. The molecule has 1 aliphatic heterocycles. The Bertz CT molecular complexity index is 533. The molecule has 22 heavy (non-hydrogen) atoms. The molecule has 2 rings (SSSR count). The Morgan fingerprint density at radius 2 is 2.09 bits per heavy atom. The lowest BCUT2D eigenvalue weighted by molar-refractivity contribution is 0.0862. The van der Waals surface area contributed by atoms with E-state index < -0.39 is 0 Å². The molecule has 1 aromatic rings. The summed E-state index contributed by atoms with van der Waals surface area (Å²) < 4.78 is 5.86. The SMILES string of the molecule is O=C(NC1CCN(C(=O)OCCCl)CC1)c1cccc(Br)c1. The van der Waals surface area contributed by atoms with Crippen LogP contribution in [0.3, 0.4) is 0 Å². The second kappa shape index (κ2) is 8.39. The fourth-order valence-electron chi connectivity index (χ4n) is 2.32. The molecule has 0 unspecified atom stereocenters. The van der Waals surface area contributed by atoms with Crippen molar-refractivity contribution in [3.8, 4) is 0 Å². The molecule has 0 bridgehead atoms. The first-order chi connectivity index (χ1) is 10.6. The minimum absolute atomic E-state index is 0.0727. The summed E-state index contributed by atoms with van der Waals surface area (Å²) in [6.07, 6.45) is 1.10. The Morgan fingerprint density at radius 3 is 2.73 bits per heavy atom. The maximum atomic E-state index is 12.2. The molecular weight excluding hydrogens is 372 g/mol. The molecule has 0 atom stereocenters. The first kappa shape index (κ1) is 17.1. The molecule has 0 aromatic heterocycles. The fourth-order valence-corrected chi connectivity index (χ4v) is 2.80. The van der Waals surface area contributed by atoms with Gasteiger partial charge in [-0.15, -0.1) is 11.6 Å². The number of likely N-dealkylation sites (tertiary alicyclic amines) is 1. The lowest BCUT2D eigenvalue weighted by Gasteiger charge is -2.31. The Labute approximate surface area is 143 Å². The average molecular weight is 390 g/mol. The van der Waals surface area contributed by atoms with Gasteiger partial charge in [-0.3, -0.25) is 4.79 Å². The minimum Gasteiger partial charge on any atom is -0.448 e. The van der Waals surface area contributed by atoms with E-state index in [2.05, 4.69) is 21.2 Å². The number of rotatable bonds is 4. The van der Waals surface area contributed by atoms with Crippen LogP contribution in [-0.2, 0) is 4.74 Å². The minimum atomic E-state index is -0.336. The number of piperidine rings is 1. The standard InChI is InChI=1S/C15H18BrClN2O3/c16-12-3-1-2-11(10-12)14(20)18-13-4-7-19(8-5-13)15(21)22-9-6-17/h1-3,10,13H,4-9H2,(H,18,20). The summed E-state index contributed by atoms with van der Waals surface area (Å²) in [5.41, 5.74) is 0.623. The summed E-state index contributed by atoms with van der Waals surface area (Å²) in [6, 6.07) is 7.34. The summed E-state index contributed by atoms with van der Waals surface area (Å²) >= 11 is 8.84. The maximum Gasteiger partial charge on any atom is 0.409 e. The summed E-state index contributed by atoms with van der Waals surface area (Å²) in [7, 11) is 0. The Morgan fingerprint density at radius 1 is 1.36 bits per heavy atom. The van der Waals surface area contributed by atoms with E-state index in [0.717, 1.165) is 17.3 Å². The number of nitrogens with one attached hydrogen (secondary N) is 1. The number of hydrogen-bond acceptors (Lipinski definition) is 3. The zero-order valence-electron chi connectivity index (χ0n) is 12.1. The highest BCUT2D eigenvalue weighted by Gasteiger charge is 2.24. The number of nitrogens with zero attached hydrogens (tertiary/aromatic N) is 1. The van der Waals surface area contributed by atoms with E-state index in [0.29, 0.717) is 24.5 Å². The summed E-state index contributed by atoms with van der Waals surface area (Å²) in [6.45, 7) is 1.37. The van der Waals surface area contributed by atoms with Crippen LogP contribution in [0.2, 0.25) is 0 Å². The third-order valence-corrected chi connectivity index (χ3v) is 4.13. The molecule has 0 radical (unpaired) electrons. The van der Waals surface area contributed by atoms with E-state index in [1.54, 1.807) is 17.0 Å². The second-order valence-electron chi connectivity index (χ2n) is 5.05. The molecule has 1 heterocycles. The van der Waals surface area contributed by atoms with Gasteiger partial charge >= 0.3 is 6.09 Å². The van der Waals surface area contributed by atoms with Crippen LogP contribution in [0.1, 0.15) is 23.2 Å². The smallest absolute Gasteiger partial charge is 0.409 e. The van der Waals surface area contributed by atoms with Gasteiger partial charge in [-0.05, 0) is 31.0 Å². The van der Waals surface area contributed by atoms with Gasteiger partial charge in [-0.1, -0.05) is 22.0 Å². The van der Waals surface area contributed by atoms with Crippen molar-refractivity contribution in [2.24, 2.45) is 0 Å². The monoisotopic (exact) mass is 388 g/mol. The fraction of sp³-hybridized carbons (Fsp3) is 0.467. The summed E-state index contributed by atoms with van der Waals surface area (Å²) in [4.78, 5) is 25.5. The van der Waals surface area contributed by atoms with Crippen molar-refractivity contribution in [3.05, 3.63) is 34.3 Å². The van der Waals surface area contributed by atoms with Crippen LogP contribution in [0, 0.1) is 0 Å². The molecule has 5 nitrogen and oxygen atoms in total. The zero-order valence-corrected chi connectivity index (χ0v) is 14.4. The number of halogens is 2. The number of alkyl halides is 1. The topological polar surface area (TPSA) is 58.6 Å². The summed E-state index contributed by atoms with van der Waals surface area (Å²) in [5.74, 6) is 0.203. The van der Waals surface area contributed by atoms with Gasteiger partial charge in [0.25, 0.3) is 5.91 Å². The number of carbonyl (C=O) groups is 2. The first-order valence-corrected chi connectivity index (χ1v) is 8.47. The number of carbonyl (C=O) groups excluding carboxylic acids is 2. The van der Waals surface area contributed by atoms with Gasteiger partial charge in [-0.2, -0.15) is 0 Å². The quantitative estimate of drug-likeness (QED) is 0.805. The normalized spacial score (nSPS) is 15.5. The predicted octanol–water partition coefficient (Wildman–Crippen LogP) is 3.02. The average Bonchev–Trinajstić information content (AvgIpc) is 2.53. The molecule has 0 saturated carbocycles. The molecule has 1 aromatic carbocycles. The van der Waals surface area contributed by atoms with Crippen LogP contribution in [-0.4, -0.2) is 48.5 Å². The van der Waals surface area contributed by atoms with Crippen molar-refractivity contribution in [2.75, 3.05) is 25.6 Å². The Kier molecular flexibility index (Phi) is 6.51. The molecule has 2 amide bonds. The van der Waals surface area contributed by atoms with E-state index in [4.69, 9.17) is 16.3 Å². The van der Waals surface area contributed by atoms with E-state index >= 15 is 0 Å². The molecule has 0 aliphatic carbocycles. The Hall–Kier alpha value is -1.27. The highest BCUT2D eigenvalue weighted by atomic mass is 79.9. The number of ether oxygens (including phenoxy) is 1. The maximum absolute atomic E-state index is 12.2. The lowest BCUT2D eigenvalue weighted by atomic mass is 10.0. The van der Waals surface area contributed by atoms with Gasteiger partial charge < -0.3 is 15.0 Å². The highest BCUT2D eigenvalue weighted by Crippen LogP contribution is 2.14. The van der Waals surface area contributed by atoms with Gasteiger partial charge in [0.15, 0.2) is 0 Å². The van der Waals surface area contributed by atoms with E-state index in [1.165, 1.54) is 0 Å². The second-order valence-corrected chi connectivity index (χ2v) is 6.34. The van der Waals surface area contributed by atoms with Gasteiger partial charge in [0.2, 0.25) is 0 Å². The predicted molar refractivity (Wildman–Crippen MR) is 88.3 cm³/mol. The van der Waals surface area contributed by atoms with Crippen LogP contribution >= 0.6 is 27.5 Å². The van der Waals surface area contributed by atoms with Gasteiger partial charge in [0, 0.05) is 29.2 Å². The highest BCUT2D eigenvalue weighted by molar-refractivity contribution is 9.10. The van der Waals surface area contributed by atoms with Crippen molar-refractivity contribution in [1.29, 1.82) is 0 Å². The van der Waals surface area contributed by atoms with Crippen LogP contribution in [0.5, 0.6) is 0 Å². The van der Waals surface area contributed by atoms with Crippen molar-refractivity contribution < 1.29 is 14.3 Å². The van der Waals surface area contributed by atoms with E-state index in [-0.39, 0.29) is 24.6 Å². The zero-order chi connectivity index (χ0) is 15.9. The van der Waals surface area contributed by atoms with Gasteiger partial charge in [-0.25, -0.2) is 4.79 Å². The first-order valence-electron chi connectivity index (χ1n) is 7.14.